The Morgan fingerprint density at radius 2 is 1.80 bits per heavy atom. The van der Waals surface area contributed by atoms with Gasteiger partial charge in [-0.15, -0.1) is 0 Å². The Kier molecular flexibility index (Phi) is 2.96. The molecule has 1 aliphatic heterocycles. The highest BCUT2D eigenvalue weighted by atomic mass is 19.1. The second-order valence-corrected chi connectivity index (χ2v) is 5.15. The first-order valence-electron chi connectivity index (χ1n) is 6.35. The second kappa shape index (κ2) is 4.66. The normalized spacial score (nSPS) is 26.9. The molecule has 3 rings (SSSR count). The lowest BCUT2D eigenvalue weighted by Gasteiger charge is -2.20. The molecule has 1 aromatic carbocycles. The minimum absolute atomic E-state index is 0.0256. The van der Waals surface area contributed by atoms with Crippen LogP contribution in [0.3, 0.4) is 0 Å². The van der Waals surface area contributed by atoms with Crippen LogP contribution in [0.2, 0.25) is 0 Å². The van der Waals surface area contributed by atoms with E-state index in [9.17, 15) is 14.0 Å². The van der Waals surface area contributed by atoms with Gasteiger partial charge in [-0.3, -0.25) is 0 Å². The van der Waals surface area contributed by atoms with Crippen molar-refractivity contribution in [2.75, 3.05) is 18.4 Å². The van der Waals surface area contributed by atoms with Crippen molar-refractivity contribution >= 4 is 17.8 Å². The van der Waals surface area contributed by atoms with Crippen LogP contribution >= 0.6 is 0 Å². The number of anilines is 1. The Balaban J connectivity index is 1.51. The molecule has 3 N–H and O–H groups in total. The number of carbonyl (C=O) groups excluding carboxylic acids is 1. The van der Waals surface area contributed by atoms with E-state index in [1.165, 1.54) is 24.3 Å². The van der Waals surface area contributed by atoms with Crippen molar-refractivity contribution < 1.29 is 19.1 Å². The summed E-state index contributed by atoms with van der Waals surface area (Å²) in [5, 5.41) is 13.8. The molecule has 0 bridgehead atoms. The minimum Gasteiger partial charge on any atom is -0.465 e. The van der Waals surface area contributed by atoms with Gasteiger partial charge in [0, 0.05) is 36.7 Å². The van der Waals surface area contributed by atoms with E-state index in [0.717, 1.165) is 0 Å². The zero-order valence-corrected chi connectivity index (χ0v) is 10.5. The molecule has 1 saturated carbocycles. The highest BCUT2D eigenvalue weighted by molar-refractivity contribution is 5.89. The maximum Gasteiger partial charge on any atom is 0.404 e. The Morgan fingerprint density at radius 1 is 1.20 bits per heavy atom. The van der Waals surface area contributed by atoms with Crippen LogP contribution in [0.15, 0.2) is 24.3 Å². The topological polar surface area (TPSA) is 81.7 Å². The number of hydrogen-bond acceptors (Lipinski definition) is 2. The van der Waals surface area contributed by atoms with Crippen LogP contribution in [0.4, 0.5) is 19.7 Å². The Hall–Kier alpha value is -2.31. The fourth-order valence-corrected chi connectivity index (χ4v) is 2.78. The SMILES string of the molecule is O=C(O)NC1C2CN(C(=O)Nc3ccc(F)cc3)CC21. The van der Waals surface area contributed by atoms with E-state index in [2.05, 4.69) is 10.6 Å². The molecule has 1 aliphatic carbocycles. The average Bonchev–Trinajstić information content (AvgIpc) is 2.86. The predicted molar refractivity (Wildman–Crippen MR) is 68.9 cm³/mol. The number of nitrogens with one attached hydrogen (secondary N) is 2. The smallest absolute Gasteiger partial charge is 0.404 e. The quantitative estimate of drug-likeness (QED) is 0.768. The largest absolute Gasteiger partial charge is 0.465 e. The van der Waals surface area contributed by atoms with Crippen LogP contribution < -0.4 is 10.6 Å². The van der Waals surface area contributed by atoms with Crippen molar-refractivity contribution in [3.05, 3.63) is 30.1 Å². The number of likely N-dealkylation sites (tertiary alicyclic amines) is 1. The maximum atomic E-state index is 12.8. The third kappa shape index (κ3) is 2.38. The van der Waals surface area contributed by atoms with E-state index in [0.29, 0.717) is 18.8 Å². The predicted octanol–water partition coefficient (Wildman–Crippen LogP) is 1.56. The lowest BCUT2D eigenvalue weighted by molar-refractivity contribution is 0.190. The number of nitrogens with zero attached hydrogens (tertiary/aromatic N) is 1. The number of benzene rings is 1. The van der Waals surface area contributed by atoms with Crippen LogP contribution in [0.1, 0.15) is 0 Å². The van der Waals surface area contributed by atoms with Gasteiger partial charge < -0.3 is 20.6 Å². The van der Waals surface area contributed by atoms with E-state index in [4.69, 9.17) is 5.11 Å². The van der Waals surface area contributed by atoms with Crippen LogP contribution in [0.5, 0.6) is 0 Å². The van der Waals surface area contributed by atoms with E-state index in [-0.39, 0.29) is 29.7 Å². The summed E-state index contributed by atoms with van der Waals surface area (Å²) in [5.74, 6) is 0.0724. The molecular weight excluding hydrogens is 265 g/mol. The summed E-state index contributed by atoms with van der Waals surface area (Å²) >= 11 is 0. The third-order valence-electron chi connectivity index (χ3n) is 3.87. The van der Waals surface area contributed by atoms with E-state index in [1.54, 1.807) is 4.90 Å². The van der Waals surface area contributed by atoms with Crippen molar-refractivity contribution in [1.82, 2.24) is 10.2 Å². The molecule has 2 fully saturated rings. The van der Waals surface area contributed by atoms with Crippen molar-refractivity contribution in [2.45, 2.75) is 6.04 Å². The first-order valence-corrected chi connectivity index (χ1v) is 6.35. The van der Waals surface area contributed by atoms with Gasteiger partial charge >= 0.3 is 12.1 Å². The van der Waals surface area contributed by atoms with Crippen molar-refractivity contribution in [1.29, 1.82) is 0 Å². The van der Waals surface area contributed by atoms with Gasteiger partial charge in [-0.1, -0.05) is 0 Å². The number of piperidine rings is 1. The molecule has 1 heterocycles. The van der Waals surface area contributed by atoms with Gasteiger partial charge in [0.25, 0.3) is 0 Å². The average molecular weight is 279 g/mol. The first kappa shape index (κ1) is 12.7. The molecule has 0 radical (unpaired) electrons. The van der Waals surface area contributed by atoms with Gasteiger partial charge in [-0.05, 0) is 24.3 Å². The van der Waals surface area contributed by atoms with Gasteiger partial charge in [0.05, 0.1) is 0 Å². The number of fused-ring (bicyclic) bond motifs is 1. The lowest BCUT2D eigenvalue weighted by Crippen LogP contribution is -2.39. The number of hydrogen-bond donors (Lipinski definition) is 3. The first-order chi connectivity index (χ1) is 9.54. The van der Waals surface area contributed by atoms with Gasteiger partial charge in [0.1, 0.15) is 5.82 Å². The van der Waals surface area contributed by atoms with Crippen LogP contribution in [-0.4, -0.2) is 41.3 Å². The van der Waals surface area contributed by atoms with E-state index in [1.807, 2.05) is 0 Å². The zero-order valence-electron chi connectivity index (χ0n) is 10.5. The number of amides is 3. The lowest BCUT2D eigenvalue weighted by atomic mass is 10.3. The fraction of sp³-hybridized carbons (Fsp3) is 0.385. The van der Waals surface area contributed by atoms with E-state index >= 15 is 0 Å². The fourth-order valence-electron chi connectivity index (χ4n) is 2.78. The second-order valence-electron chi connectivity index (χ2n) is 5.15. The summed E-state index contributed by atoms with van der Waals surface area (Å²) in [6, 6.07) is 5.30. The summed E-state index contributed by atoms with van der Waals surface area (Å²) in [7, 11) is 0. The van der Waals surface area contributed by atoms with Gasteiger partial charge in [0.15, 0.2) is 0 Å². The minimum atomic E-state index is -1.02. The molecule has 6 nitrogen and oxygen atoms in total. The summed E-state index contributed by atoms with van der Waals surface area (Å²) < 4.78 is 12.8. The van der Waals surface area contributed by atoms with Crippen LogP contribution in [0.25, 0.3) is 0 Å². The Labute approximate surface area is 114 Å². The number of urea groups is 1. The molecular formula is C13H14FN3O3. The Bertz CT molecular complexity index is 536. The molecule has 2 unspecified atom stereocenters. The Morgan fingerprint density at radius 3 is 2.35 bits per heavy atom. The molecule has 1 aromatic rings. The van der Waals surface area contributed by atoms with Crippen LogP contribution in [-0.2, 0) is 0 Å². The van der Waals surface area contributed by atoms with Gasteiger partial charge in [-0.25, -0.2) is 14.0 Å². The standard InChI is InChI=1S/C13H14FN3O3/c14-7-1-3-8(4-2-7)15-12(18)17-5-9-10(6-17)11(9)16-13(19)20/h1-4,9-11,16H,5-6H2,(H,15,18)(H,19,20). The van der Waals surface area contributed by atoms with Crippen molar-refractivity contribution in [3.63, 3.8) is 0 Å². The molecule has 0 spiro atoms. The molecule has 2 aliphatic rings. The number of carbonyl (C=O) groups is 2. The summed E-state index contributed by atoms with van der Waals surface area (Å²) in [6.45, 7) is 1.09. The monoisotopic (exact) mass is 279 g/mol. The number of rotatable bonds is 2. The summed E-state index contributed by atoms with van der Waals surface area (Å²) in [4.78, 5) is 24.2. The molecule has 7 heteroatoms. The highest BCUT2D eigenvalue weighted by Gasteiger charge is 2.57. The molecule has 2 atom stereocenters. The van der Waals surface area contributed by atoms with Crippen LogP contribution in [0, 0.1) is 17.7 Å². The van der Waals surface area contributed by atoms with Gasteiger partial charge in [0.2, 0.25) is 0 Å². The number of carboxylic acid groups (broad SMARTS) is 1. The van der Waals surface area contributed by atoms with E-state index < -0.39 is 6.09 Å². The van der Waals surface area contributed by atoms with Crippen molar-refractivity contribution in [2.24, 2.45) is 11.8 Å². The maximum absolute atomic E-state index is 12.8. The zero-order chi connectivity index (χ0) is 14.3. The molecule has 0 aromatic heterocycles. The molecule has 3 amide bonds. The summed E-state index contributed by atoms with van der Waals surface area (Å²) in [5.41, 5.74) is 0.539. The molecule has 106 valence electrons. The van der Waals surface area contributed by atoms with Crippen molar-refractivity contribution in [3.8, 4) is 0 Å². The highest BCUT2D eigenvalue weighted by Crippen LogP contribution is 2.45. The third-order valence-corrected chi connectivity index (χ3v) is 3.87. The summed E-state index contributed by atoms with van der Waals surface area (Å²) in [6.07, 6.45) is -1.02. The van der Waals surface area contributed by atoms with Gasteiger partial charge in [-0.2, -0.15) is 0 Å². The molecule has 20 heavy (non-hydrogen) atoms. The molecule has 1 saturated heterocycles. The number of halogens is 1.